The molecule has 17 heavy (non-hydrogen) atoms. The molecule has 0 aliphatic carbocycles. The summed E-state index contributed by atoms with van der Waals surface area (Å²) in [6.07, 6.45) is 1.29. The maximum atomic E-state index is 12.9. The van der Waals surface area contributed by atoms with Crippen molar-refractivity contribution in [3.05, 3.63) is 52.3 Å². The molecule has 2 rings (SSSR count). The number of pyridine rings is 1. The van der Waals surface area contributed by atoms with Gasteiger partial charge in [0.2, 0.25) is 5.95 Å². The molecule has 0 aliphatic heterocycles. The summed E-state index contributed by atoms with van der Waals surface area (Å²) >= 11 is 11.7. The van der Waals surface area contributed by atoms with Crippen LogP contribution in [0.2, 0.25) is 10.0 Å². The zero-order chi connectivity index (χ0) is 12.4. The minimum atomic E-state index is -0.635. The molecule has 1 aromatic heterocycles. The average molecular weight is 275 g/mol. The molecule has 0 unspecified atom stereocenters. The van der Waals surface area contributed by atoms with Crippen molar-refractivity contribution in [2.24, 2.45) is 0 Å². The summed E-state index contributed by atoms with van der Waals surface area (Å²) in [7, 11) is 0. The minimum Gasteiger partial charge on any atom is -0.353 e. The van der Waals surface area contributed by atoms with Crippen molar-refractivity contribution in [2.75, 3.05) is 5.32 Å². The highest BCUT2D eigenvalue weighted by Crippen LogP contribution is 2.33. The number of hydrogen-bond acceptors (Lipinski definition) is 2. The average Bonchev–Trinajstić information content (AvgIpc) is 2.23. The van der Waals surface area contributed by atoms with Gasteiger partial charge in [-0.1, -0.05) is 23.2 Å². The molecule has 0 aliphatic rings. The van der Waals surface area contributed by atoms with Gasteiger partial charge in [-0.25, -0.2) is 9.37 Å². The molecule has 0 spiro atoms. The highest BCUT2D eigenvalue weighted by molar-refractivity contribution is 6.39. The van der Waals surface area contributed by atoms with Crippen molar-refractivity contribution in [3.8, 4) is 0 Å². The van der Waals surface area contributed by atoms with Gasteiger partial charge in [-0.3, -0.25) is 0 Å². The molecule has 88 valence electrons. The van der Waals surface area contributed by atoms with E-state index in [1.54, 1.807) is 6.07 Å². The van der Waals surface area contributed by atoms with Crippen molar-refractivity contribution in [2.45, 2.75) is 0 Å². The van der Waals surface area contributed by atoms with Crippen LogP contribution >= 0.6 is 23.2 Å². The minimum absolute atomic E-state index is 0.118. The van der Waals surface area contributed by atoms with E-state index in [2.05, 4.69) is 10.3 Å². The van der Waals surface area contributed by atoms with E-state index in [-0.39, 0.29) is 10.0 Å². The third-order valence-corrected chi connectivity index (χ3v) is 2.60. The number of halogens is 4. The van der Waals surface area contributed by atoms with Crippen LogP contribution in [0.4, 0.5) is 20.2 Å². The van der Waals surface area contributed by atoms with Gasteiger partial charge in [0.15, 0.2) is 0 Å². The Morgan fingerprint density at radius 3 is 2.29 bits per heavy atom. The summed E-state index contributed by atoms with van der Waals surface area (Å²) in [6.45, 7) is 0. The zero-order valence-corrected chi connectivity index (χ0v) is 9.86. The van der Waals surface area contributed by atoms with Crippen molar-refractivity contribution in [1.82, 2.24) is 4.98 Å². The fourth-order valence-corrected chi connectivity index (χ4v) is 1.84. The van der Waals surface area contributed by atoms with Crippen molar-refractivity contribution >= 4 is 34.6 Å². The van der Waals surface area contributed by atoms with E-state index >= 15 is 0 Å². The molecule has 2 aromatic rings. The van der Waals surface area contributed by atoms with E-state index in [9.17, 15) is 8.78 Å². The number of rotatable bonds is 2. The van der Waals surface area contributed by atoms with Gasteiger partial charge >= 0.3 is 0 Å². The van der Waals surface area contributed by atoms with Crippen LogP contribution in [0.1, 0.15) is 0 Å². The Bertz CT molecular complexity index is 538. The smallest absolute Gasteiger partial charge is 0.214 e. The fourth-order valence-electron chi connectivity index (χ4n) is 1.29. The Morgan fingerprint density at radius 2 is 1.71 bits per heavy atom. The molecule has 0 amide bonds. The third kappa shape index (κ3) is 2.84. The van der Waals surface area contributed by atoms with E-state index in [1.165, 1.54) is 12.3 Å². The second kappa shape index (κ2) is 4.85. The first kappa shape index (κ1) is 12.1. The topological polar surface area (TPSA) is 24.9 Å². The van der Waals surface area contributed by atoms with Gasteiger partial charge in [0.05, 0.1) is 15.7 Å². The van der Waals surface area contributed by atoms with Crippen LogP contribution in [0, 0.1) is 11.8 Å². The monoisotopic (exact) mass is 274 g/mol. The SMILES string of the molecule is Fc1cc(Cl)c(Nc2ccnc(F)c2)c(Cl)c1. The van der Waals surface area contributed by atoms with Crippen LogP contribution in [0.5, 0.6) is 0 Å². The number of nitrogens with one attached hydrogen (secondary N) is 1. The van der Waals surface area contributed by atoms with Gasteiger partial charge in [-0.05, 0) is 18.2 Å². The van der Waals surface area contributed by atoms with Crippen LogP contribution in [0.25, 0.3) is 0 Å². The van der Waals surface area contributed by atoms with Crippen LogP contribution in [-0.4, -0.2) is 4.98 Å². The quantitative estimate of drug-likeness (QED) is 0.821. The standard InChI is InChI=1S/C11H6Cl2F2N2/c12-8-3-6(14)4-9(13)11(8)17-7-1-2-16-10(15)5-7/h1-5H,(H,16,17). The molecular formula is C11H6Cl2F2N2. The maximum absolute atomic E-state index is 12.9. The predicted molar refractivity (Wildman–Crippen MR) is 63.9 cm³/mol. The summed E-state index contributed by atoms with van der Waals surface area (Å²) in [5.74, 6) is -1.17. The van der Waals surface area contributed by atoms with Crippen molar-refractivity contribution in [1.29, 1.82) is 0 Å². The van der Waals surface area contributed by atoms with E-state index in [4.69, 9.17) is 23.2 Å². The first-order valence-corrected chi connectivity index (χ1v) is 5.35. The van der Waals surface area contributed by atoms with Gasteiger partial charge in [0.1, 0.15) is 5.82 Å². The summed E-state index contributed by atoms with van der Waals surface area (Å²) < 4.78 is 25.8. The van der Waals surface area contributed by atoms with Crippen LogP contribution in [-0.2, 0) is 0 Å². The van der Waals surface area contributed by atoms with Crippen molar-refractivity contribution < 1.29 is 8.78 Å². The first-order valence-electron chi connectivity index (χ1n) is 4.59. The van der Waals surface area contributed by atoms with Crippen LogP contribution in [0.3, 0.4) is 0 Å². The van der Waals surface area contributed by atoms with Crippen LogP contribution < -0.4 is 5.32 Å². The van der Waals surface area contributed by atoms with Gasteiger partial charge < -0.3 is 5.32 Å². The second-order valence-electron chi connectivity index (χ2n) is 3.24. The number of benzene rings is 1. The number of nitrogens with zero attached hydrogens (tertiary/aromatic N) is 1. The molecule has 1 heterocycles. The molecule has 1 N–H and O–H groups in total. The fraction of sp³-hybridized carbons (Fsp3) is 0. The second-order valence-corrected chi connectivity index (χ2v) is 4.05. The van der Waals surface area contributed by atoms with Gasteiger partial charge in [0, 0.05) is 18.0 Å². The lowest BCUT2D eigenvalue weighted by molar-refractivity contribution is 0.584. The summed E-state index contributed by atoms with van der Waals surface area (Å²) in [5, 5.41) is 3.03. The third-order valence-electron chi connectivity index (χ3n) is 2.00. The molecule has 0 bridgehead atoms. The molecule has 2 nitrogen and oxygen atoms in total. The summed E-state index contributed by atoms with van der Waals surface area (Å²) in [6, 6.07) is 4.95. The molecule has 6 heteroatoms. The number of aromatic nitrogens is 1. The largest absolute Gasteiger partial charge is 0.353 e. The lowest BCUT2D eigenvalue weighted by atomic mass is 10.3. The Morgan fingerprint density at radius 1 is 1.06 bits per heavy atom. The van der Waals surface area contributed by atoms with E-state index in [0.717, 1.165) is 12.1 Å². The van der Waals surface area contributed by atoms with Crippen LogP contribution in [0.15, 0.2) is 30.5 Å². The number of anilines is 2. The predicted octanol–water partition coefficient (Wildman–Crippen LogP) is 4.41. The lowest BCUT2D eigenvalue weighted by Gasteiger charge is -2.10. The Kier molecular flexibility index (Phi) is 3.45. The number of hydrogen-bond donors (Lipinski definition) is 1. The molecule has 1 aromatic carbocycles. The van der Waals surface area contributed by atoms with Gasteiger partial charge in [-0.15, -0.1) is 0 Å². The highest BCUT2D eigenvalue weighted by atomic mass is 35.5. The Balaban J connectivity index is 2.36. The van der Waals surface area contributed by atoms with E-state index in [0.29, 0.717) is 11.4 Å². The molecule has 0 fully saturated rings. The molecule has 0 radical (unpaired) electrons. The van der Waals surface area contributed by atoms with Gasteiger partial charge in [0.25, 0.3) is 0 Å². The van der Waals surface area contributed by atoms with Gasteiger partial charge in [-0.2, -0.15) is 4.39 Å². The molecule has 0 saturated heterocycles. The maximum Gasteiger partial charge on any atom is 0.214 e. The summed E-state index contributed by atoms with van der Waals surface area (Å²) in [4.78, 5) is 3.41. The first-order chi connectivity index (χ1) is 8.06. The van der Waals surface area contributed by atoms with E-state index in [1.807, 2.05) is 0 Å². The summed E-state index contributed by atoms with van der Waals surface area (Å²) in [5.41, 5.74) is 0.744. The van der Waals surface area contributed by atoms with Crippen molar-refractivity contribution in [3.63, 3.8) is 0 Å². The highest BCUT2D eigenvalue weighted by Gasteiger charge is 2.09. The Hall–Kier alpha value is -1.39. The molecular weight excluding hydrogens is 269 g/mol. The molecule has 0 atom stereocenters. The molecule has 0 saturated carbocycles. The van der Waals surface area contributed by atoms with E-state index < -0.39 is 11.8 Å². The lowest BCUT2D eigenvalue weighted by Crippen LogP contribution is -1.94. The zero-order valence-electron chi connectivity index (χ0n) is 8.35. The Labute approximate surface area is 106 Å². The normalized spacial score (nSPS) is 10.4.